The van der Waals surface area contributed by atoms with E-state index in [-0.39, 0.29) is 0 Å². The molecule has 96 valence electrons. The average molecular weight is 274 g/mol. The molecule has 0 saturated heterocycles. The molecule has 0 atom stereocenters. The molecule has 19 heavy (non-hydrogen) atoms. The van der Waals surface area contributed by atoms with Crippen molar-refractivity contribution in [3.05, 3.63) is 46.6 Å². The zero-order valence-corrected chi connectivity index (χ0v) is 11.3. The number of aryl methyl sites for hydroxylation is 1. The van der Waals surface area contributed by atoms with E-state index >= 15 is 0 Å². The molecular formula is C14H12ClN3O. The van der Waals surface area contributed by atoms with Crippen molar-refractivity contribution in [1.82, 2.24) is 4.98 Å². The third kappa shape index (κ3) is 2.78. The monoisotopic (exact) mass is 273 g/mol. The van der Waals surface area contributed by atoms with E-state index in [1.807, 2.05) is 13.0 Å². The van der Waals surface area contributed by atoms with E-state index in [9.17, 15) is 0 Å². The SMILES string of the molecule is COc1cc(Cl)c(C)cc1Nc1ncccc1C#N. The summed E-state index contributed by atoms with van der Waals surface area (Å²) in [5.74, 6) is 1.09. The number of aromatic nitrogens is 1. The van der Waals surface area contributed by atoms with Crippen molar-refractivity contribution in [3.63, 3.8) is 0 Å². The number of ether oxygens (including phenoxy) is 1. The van der Waals surface area contributed by atoms with Crippen LogP contribution in [0.1, 0.15) is 11.1 Å². The Balaban J connectivity index is 2.44. The van der Waals surface area contributed by atoms with E-state index in [0.717, 1.165) is 11.3 Å². The highest BCUT2D eigenvalue weighted by molar-refractivity contribution is 6.31. The van der Waals surface area contributed by atoms with Gasteiger partial charge in [0.05, 0.1) is 18.4 Å². The van der Waals surface area contributed by atoms with Crippen molar-refractivity contribution in [2.24, 2.45) is 0 Å². The van der Waals surface area contributed by atoms with Crippen LogP contribution in [0.3, 0.4) is 0 Å². The predicted molar refractivity (Wildman–Crippen MR) is 75.0 cm³/mol. The summed E-state index contributed by atoms with van der Waals surface area (Å²) >= 11 is 6.05. The number of nitriles is 1. The van der Waals surface area contributed by atoms with E-state index < -0.39 is 0 Å². The Morgan fingerprint density at radius 3 is 2.89 bits per heavy atom. The maximum absolute atomic E-state index is 9.04. The van der Waals surface area contributed by atoms with Crippen LogP contribution in [0.25, 0.3) is 0 Å². The van der Waals surface area contributed by atoms with Gasteiger partial charge in [-0.3, -0.25) is 0 Å². The Bertz CT molecular complexity index is 650. The number of pyridine rings is 1. The second kappa shape index (κ2) is 5.59. The summed E-state index contributed by atoms with van der Waals surface area (Å²) in [6.07, 6.45) is 1.62. The molecule has 1 aromatic carbocycles. The molecule has 2 rings (SSSR count). The van der Waals surface area contributed by atoms with E-state index in [4.69, 9.17) is 21.6 Å². The van der Waals surface area contributed by atoms with Crippen molar-refractivity contribution < 1.29 is 4.74 Å². The number of nitrogens with one attached hydrogen (secondary N) is 1. The summed E-state index contributed by atoms with van der Waals surface area (Å²) in [5, 5.41) is 12.8. The van der Waals surface area contributed by atoms with Crippen LogP contribution in [0, 0.1) is 18.3 Å². The molecule has 0 saturated carbocycles. The molecule has 0 fully saturated rings. The number of nitrogens with zero attached hydrogens (tertiary/aromatic N) is 2. The van der Waals surface area contributed by atoms with Crippen LogP contribution in [-0.2, 0) is 0 Å². The van der Waals surface area contributed by atoms with Crippen LogP contribution in [-0.4, -0.2) is 12.1 Å². The van der Waals surface area contributed by atoms with Crippen molar-refractivity contribution in [2.75, 3.05) is 12.4 Å². The van der Waals surface area contributed by atoms with Gasteiger partial charge in [0.2, 0.25) is 0 Å². The average Bonchev–Trinajstić information content (AvgIpc) is 2.43. The first-order chi connectivity index (χ1) is 9.15. The van der Waals surface area contributed by atoms with Gasteiger partial charge >= 0.3 is 0 Å². The molecular weight excluding hydrogens is 262 g/mol. The molecule has 0 aliphatic heterocycles. The van der Waals surface area contributed by atoms with Crippen molar-refractivity contribution in [1.29, 1.82) is 5.26 Å². The van der Waals surface area contributed by atoms with E-state index in [1.165, 1.54) is 0 Å². The minimum Gasteiger partial charge on any atom is -0.495 e. The Morgan fingerprint density at radius 2 is 2.21 bits per heavy atom. The number of anilines is 2. The highest BCUT2D eigenvalue weighted by atomic mass is 35.5. The molecule has 0 aliphatic carbocycles. The lowest BCUT2D eigenvalue weighted by Gasteiger charge is -2.13. The van der Waals surface area contributed by atoms with Gasteiger partial charge in [-0.05, 0) is 30.7 Å². The first-order valence-electron chi connectivity index (χ1n) is 5.62. The van der Waals surface area contributed by atoms with Crippen molar-refractivity contribution in [3.8, 4) is 11.8 Å². The summed E-state index contributed by atoms with van der Waals surface area (Å²) in [7, 11) is 1.57. The number of methoxy groups -OCH3 is 1. The van der Waals surface area contributed by atoms with Gasteiger partial charge in [0, 0.05) is 17.3 Å². The van der Waals surface area contributed by atoms with Crippen molar-refractivity contribution in [2.45, 2.75) is 6.92 Å². The molecule has 0 radical (unpaired) electrons. The molecule has 4 nitrogen and oxygen atoms in total. The topological polar surface area (TPSA) is 57.9 Å². The summed E-state index contributed by atoms with van der Waals surface area (Å²) in [6.45, 7) is 1.90. The molecule has 1 N–H and O–H groups in total. The first-order valence-corrected chi connectivity index (χ1v) is 5.99. The van der Waals surface area contributed by atoms with Gasteiger partial charge in [-0.1, -0.05) is 11.6 Å². The van der Waals surface area contributed by atoms with Gasteiger partial charge in [0.15, 0.2) is 0 Å². The maximum Gasteiger partial charge on any atom is 0.148 e. The molecule has 1 heterocycles. The third-order valence-electron chi connectivity index (χ3n) is 2.66. The van der Waals surface area contributed by atoms with Gasteiger partial charge in [0.25, 0.3) is 0 Å². The van der Waals surface area contributed by atoms with Crippen LogP contribution in [0.5, 0.6) is 5.75 Å². The summed E-state index contributed by atoms with van der Waals surface area (Å²) in [5.41, 5.74) is 2.11. The second-order valence-corrected chi connectivity index (χ2v) is 4.35. The fourth-order valence-corrected chi connectivity index (χ4v) is 1.81. The van der Waals surface area contributed by atoms with Crippen LogP contribution in [0.4, 0.5) is 11.5 Å². The van der Waals surface area contributed by atoms with Crippen LogP contribution < -0.4 is 10.1 Å². The predicted octanol–water partition coefficient (Wildman–Crippen LogP) is 3.67. The Hall–Kier alpha value is -2.25. The number of rotatable bonds is 3. The van der Waals surface area contributed by atoms with E-state index in [2.05, 4.69) is 16.4 Å². The fraction of sp³-hybridized carbons (Fsp3) is 0.143. The molecule has 0 unspecified atom stereocenters. The van der Waals surface area contributed by atoms with Gasteiger partial charge in [0.1, 0.15) is 17.6 Å². The number of hydrogen-bond donors (Lipinski definition) is 1. The molecule has 0 spiro atoms. The van der Waals surface area contributed by atoms with E-state index in [0.29, 0.717) is 22.2 Å². The summed E-state index contributed by atoms with van der Waals surface area (Å²) < 4.78 is 5.27. The maximum atomic E-state index is 9.04. The Morgan fingerprint density at radius 1 is 1.42 bits per heavy atom. The number of hydrogen-bond acceptors (Lipinski definition) is 4. The largest absolute Gasteiger partial charge is 0.495 e. The second-order valence-electron chi connectivity index (χ2n) is 3.94. The van der Waals surface area contributed by atoms with Crippen molar-refractivity contribution >= 4 is 23.1 Å². The van der Waals surface area contributed by atoms with Crippen LogP contribution >= 0.6 is 11.6 Å². The molecule has 1 aromatic heterocycles. The molecule has 0 aliphatic rings. The molecule has 5 heteroatoms. The standard InChI is InChI=1S/C14H12ClN3O/c1-9-6-12(13(19-2)7-11(9)15)18-14-10(8-16)4-3-5-17-14/h3-7H,1-2H3,(H,17,18). The van der Waals surface area contributed by atoms with Gasteiger partial charge < -0.3 is 10.1 Å². The lowest BCUT2D eigenvalue weighted by Crippen LogP contribution is -1.99. The lowest BCUT2D eigenvalue weighted by atomic mass is 10.2. The highest BCUT2D eigenvalue weighted by Gasteiger charge is 2.10. The fourth-order valence-electron chi connectivity index (χ4n) is 1.65. The summed E-state index contributed by atoms with van der Waals surface area (Å²) in [4.78, 5) is 4.15. The first kappa shape index (κ1) is 13.2. The normalized spacial score (nSPS) is 9.79. The Kier molecular flexibility index (Phi) is 3.88. The number of halogens is 1. The molecule has 0 bridgehead atoms. The van der Waals surface area contributed by atoms with Gasteiger partial charge in [-0.25, -0.2) is 4.98 Å². The minimum absolute atomic E-state index is 0.470. The third-order valence-corrected chi connectivity index (χ3v) is 3.07. The van der Waals surface area contributed by atoms with Crippen LogP contribution in [0.15, 0.2) is 30.5 Å². The Labute approximate surface area is 116 Å². The quantitative estimate of drug-likeness (QED) is 0.927. The highest BCUT2D eigenvalue weighted by Crippen LogP contribution is 2.33. The minimum atomic E-state index is 0.470. The zero-order valence-electron chi connectivity index (χ0n) is 10.6. The molecule has 0 amide bonds. The van der Waals surface area contributed by atoms with Gasteiger partial charge in [-0.15, -0.1) is 0 Å². The zero-order chi connectivity index (χ0) is 13.8. The molecule has 2 aromatic rings. The lowest BCUT2D eigenvalue weighted by molar-refractivity contribution is 0.416. The smallest absolute Gasteiger partial charge is 0.148 e. The number of benzene rings is 1. The van der Waals surface area contributed by atoms with E-state index in [1.54, 1.807) is 31.5 Å². The summed E-state index contributed by atoms with van der Waals surface area (Å²) in [6, 6.07) is 9.09. The van der Waals surface area contributed by atoms with Crippen LogP contribution in [0.2, 0.25) is 5.02 Å². The van der Waals surface area contributed by atoms with Gasteiger partial charge in [-0.2, -0.15) is 5.26 Å².